The lowest BCUT2D eigenvalue weighted by Gasteiger charge is -2.30. The molecule has 98 valence electrons. The standard InChI is InChI=1S/C13H25N3O/c14-13(17)10-3-5-12(6-4-10)16-11-2-1-8-15-9-7-11/h10-12,15-16H,1-9H2,(H2,14,17). The number of nitrogens with one attached hydrogen (secondary N) is 2. The molecule has 1 aliphatic heterocycles. The Labute approximate surface area is 104 Å². The van der Waals surface area contributed by atoms with Crippen molar-refractivity contribution in [2.24, 2.45) is 11.7 Å². The molecule has 0 spiro atoms. The van der Waals surface area contributed by atoms with Gasteiger partial charge in [0.25, 0.3) is 0 Å². The van der Waals surface area contributed by atoms with E-state index in [1.165, 1.54) is 19.3 Å². The summed E-state index contributed by atoms with van der Waals surface area (Å²) in [7, 11) is 0. The predicted molar refractivity (Wildman–Crippen MR) is 68.6 cm³/mol. The second-order valence-electron chi connectivity index (χ2n) is 5.50. The van der Waals surface area contributed by atoms with E-state index in [1.54, 1.807) is 0 Å². The van der Waals surface area contributed by atoms with E-state index >= 15 is 0 Å². The summed E-state index contributed by atoms with van der Waals surface area (Å²) in [4.78, 5) is 11.1. The zero-order valence-electron chi connectivity index (χ0n) is 10.6. The molecular formula is C13H25N3O. The van der Waals surface area contributed by atoms with Gasteiger partial charge in [-0.2, -0.15) is 0 Å². The van der Waals surface area contributed by atoms with Crippen molar-refractivity contribution >= 4 is 5.91 Å². The fourth-order valence-corrected chi connectivity index (χ4v) is 3.06. The second kappa shape index (κ2) is 6.36. The van der Waals surface area contributed by atoms with Crippen LogP contribution in [0.2, 0.25) is 0 Å². The molecule has 4 nitrogen and oxygen atoms in total. The van der Waals surface area contributed by atoms with Crippen LogP contribution in [0.5, 0.6) is 0 Å². The van der Waals surface area contributed by atoms with Crippen LogP contribution in [0.1, 0.15) is 44.9 Å². The molecule has 2 rings (SSSR count). The van der Waals surface area contributed by atoms with Gasteiger partial charge in [-0.05, 0) is 58.0 Å². The lowest BCUT2D eigenvalue weighted by Crippen LogP contribution is -2.42. The number of primary amides is 1. The lowest BCUT2D eigenvalue weighted by atomic mass is 9.85. The highest BCUT2D eigenvalue weighted by molar-refractivity contribution is 5.76. The number of rotatable bonds is 3. The van der Waals surface area contributed by atoms with Crippen LogP contribution < -0.4 is 16.4 Å². The van der Waals surface area contributed by atoms with E-state index in [0.717, 1.165) is 38.8 Å². The molecule has 17 heavy (non-hydrogen) atoms. The molecule has 1 unspecified atom stereocenters. The SMILES string of the molecule is NC(=O)C1CCC(NC2CCCNCC2)CC1. The van der Waals surface area contributed by atoms with Gasteiger partial charge in [0.15, 0.2) is 0 Å². The fraction of sp³-hybridized carbons (Fsp3) is 0.923. The quantitative estimate of drug-likeness (QED) is 0.681. The van der Waals surface area contributed by atoms with E-state index in [0.29, 0.717) is 12.1 Å². The fourth-order valence-electron chi connectivity index (χ4n) is 3.06. The highest BCUT2D eigenvalue weighted by Crippen LogP contribution is 2.24. The van der Waals surface area contributed by atoms with Crippen LogP contribution in [-0.2, 0) is 4.79 Å². The second-order valence-corrected chi connectivity index (χ2v) is 5.50. The van der Waals surface area contributed by atoms with E-state index in [1.807, 2.05) is 0 Å². The van der Waals surface area contributed by atoms with E-state index in [4.69, 9.17) is 5.73 Å². The molecule has 0 radical (unpaired) electrons. The number of carbonyl (C=O) groups excluding carboxylic acids is 1. The zero-order valence-corrected chi connectivity index (χ0v) is 10.6. The maximum absolute atomic E-state index is 11.1. The molecule has 0 aromatic carbocycles. The monoisotopic (exact) mass is 239 g/mol. The molecule has 0 aromatic heterocycles. The van der Waals surface area contributed by atoms with Crippen molar-refractivity contribution < 1.29 is 4.79 Å². The van der Waals surface area contributed by atoms with Gasteiger partial charge in [0, 0.05) is 18.0 Å². The van der Waals surface area contributed by atoms with Crippen molar-refractivity contribution in [2.75, 3.05) is 13.1 Å². The highest BCUT2D eigenvalue weighted by atomic mass is 16.1. The molecule has 1 saturated carbocycles. The number of nitrogens with two attached hydrogens (primary N) is 1. The van der Waals surface area contributed by atoms with Gasteiger partial charge in [-0.15, -0.1) is 0 Å². The Kier molecular flexibility index (Phi) is 4.80. The summed E-state index contributed by atoms with van der Waals surface area (Å²) < 4.78 is 0. The van der Waals surface area contributed by atoms with E-state index in [-0.39, 0.29) is 11.8 Å². The minimum atomic E-state index is -0.109. The Morgan fingerprint density at radius 1 is 1.00 bits per heavy atom. The molecule has 4 N–H and O–H groups in total. The average Bonchev–Trinajstić information content (AvgIpc) is 2.58. The molecular weight excluding hydrogens is 214 g/mol. The van der Waals surface area contributed by atoms with Crippen molar-refractivity contribution in [2.45, 2.75) is 57.0 Å². The van der Waals surface area contributed by atoms with E-state index in [2.05, 4.69) is 10.6 Å². The van der Waals surface area contributed by atoms with Crippen molar-refractivity contribution in [3.63, 3.8) is 0 Å². The largest absolute Gasteiger partial charge is 0.369 e. The first-order valence-corrected chi connectivity index (χ1v) is 7.02. The molecule has 1 aliphatic carbocycles. The third-order valence-electron chi connectivity index (χ3n) is 4.18. The summed E-state index contributed by atoms with van der Waals surface area (Å²) in [5, 5.41) is 7.20. The summed E-state index contributed by atoms with van der Waals surface area (Å²) >= 11 is 0. The van der Waals surface area contributed by atoms with E-state index < -0.39 is 0 Å². The molecule has 1 heterocycles. The summed E-state index contributed by atoms with van der Waals surface area (Å²) in [6.07, 6.45) is 7.94. The molecule has 4 heteroatoms. The molecule has 1 atom stereocenters. The van der Waals surface area contributed by atoms with Gasteiger partial charge in [-0.1, -0.05) is 0 Å². The topological polar surface area (TPSA) is 67.2 Å². The molecule has 1 saturated heterocycles. The predicted octanol–water partition coefficient (Wildman–Crippen LogP) is 0.762. The molecule has 2 aliphatic rings. The Hall–Kier alpha value is -0.610. The van der Waals surface area contributed by atoms with Crippen LogP contribution in [0.15, 0.2) is 0 Å². The minimum Gasteiger partial charge on any atom is -0.369 e. The summed E-state index contributed by atoms with van der Waals surface area (Å²) in [6.45, 7) is 2.29. The van der Waals surface area contributed by atoms with Gasteiger partial charge in [-0.25, -0.2) is 0 Å². The van der Waals surface area contributed by atoms with Crippen molar-refractivity contribution in [3.05, 3.63) is 0 Å². The number of hydrogen-bond donors (Lipinski definition) is 3. The third kappa shape index (κ3) is 3.96. The maximum atomic E-state index is 11.1. The van der Waals surface area contributed by atoms with Crippen LogP contribution in [0.25, 0.3) is 0 Å². The van der Waals surface area contributed by atoms with Crippen LogP contribution in [0.4, 0.5) is 0 Å². The Morgan fingerprint density at radius 2 is 1.71 bits per heavy atom. The van der Waals surface area contributed by atoms with Crippen LogP contribution in [0, 0.1) is 5.92 Å². The van der Waals surface area contributed by atoms with Gasteiger partial charge >= 0.3 is 0 Å². The first-order valence-electron chi connectivity index (χ1n) is 7.02. The molecule has 0 bridgehead atoms. The van der Waals surface area contributed by atoms with Gasteiger partial charge in [-0.3, -0.25) is 4.79 Å². The number of carbonyl (C=O) groups is 1. The van der Waals surface area contributed by atoms with Gasteiger partial charge in [0.1, 0.15) is 0 Å². The van der Waals surface area contributed by atoms with Crippen molar-refractivity contribution in [1.29, 1.82) is 0 Å². The average molecular weight is 239 g/mol. The van der Waals surface area contributed by atoms with Crippen LogP contribution in [0.3, 0.4) is 0 Å². The first-order chi connectivity index (χ1) is 8.25. The van der Waals surface area contributed by atoms with Gasteiger partial charge in [0.2, 0.25) is 5.91 Å². The van der Waals surface area contributed by atoms with E-state index in [9.17, 15) is 4.79 Å². The normalized spacial score (nSPS) is 35.2. The Morgan fingerprint density at radius 3 is 2.41 bits per heavy atom. The smallest absolute Gasteiger partial charge is 0.220 e. The summed E-state index contributed by atoms with van der Waals surface area (Å²) in [5.74, 6) is 0.0194. The first kappa shape index (κ1) is 12.8. The third-order valence-corrected chi connectivity index (χ3v) is 4.18. The Bertz CT molecular complexity index is 241. The minimum absolute atomic E-state index is 0.109. The number of amides is 1. The van der Waals surface area contributed by atoms with Crippen LogP contribution in [-0.4, -0.2) is 31.1 Å². The zero-order chi connectivity index (χ0) is 12.1. The summed E-state index contributed by atoms with van der Waals surface area (Å²) in [5.41, 5.74) is 5.35. The Balaban J connectivity index is 1.71. The highest BCUT2D eigenvalue weighted by Gasteiger charge is 2.26. The van der Waals surface area contributed by atoms with Gasteiger partial charge in [0.05, 0.1) is 0 Å². The van der Waals surface area contributed by atoms with Crippen molar-refractivity contribution in [1.82, 2.24) is 10.6 Å². The molecule has 1 amide bonds. The molecule has 0 aromatic rings. The summed E-state index contributed by atoms with van der Waals surface area (Å²) in [6, 6.07) is 1.27. The van der Waals surface area contributed by atoms with Crippen molar-refractivity contribution in [3.8, 4) is 0 Å². The molecule has 2 fully saturated rings. The number of hydrogen-bond acceptors (Lipinski definition) is 3. The maximum Gasteiger partial charge on any atom is 0.220 e. The van der Waals surface area contributed by atoms with Crippen LogP contribution >= 0.6 is 0 Å². The van der Waals surface area contributed by atoms with Gasteiger partial charge < -0.3 is 16.4 Å². The lowest BCUT2D eigenvalue weighted by molar-refractivity contribution is -0.122.